The molecule has 1 amide bonds. The van der Waals surface area contributed by atoms with Gasteiger partial charge in [-0.3, -0.25) is 9.48 Å². The Hall–Kier alpha value is -3.55. The summed E-state index contributed by atoms with van der Waals surface area (Å²) in [6.45, 7) is 2.88. The molecule has 4 aromatic rings. The van der Waals surface area contributed by atoms with E-state index >= 15 is 0 Å². The number of carbonyl (C=O) groups excluding carboxylic acids is 1. The van der Waals surface area contributed by atoms with Gasteiger partial charge in [-0.15, -0.1) is 0 Å². The Morgan fingerprint density at radius 1 is 1.18 bits per heavy atom. The highest BCUT2D eigenvalue weighted by Gasteiger charge is 2.34. The van der Waals surface area contributed by atoms with Crippen molar-refractivity contribution in [2.45, 2.75) is 32.2 Å². The third-order valence-electron chi connectivity index (χ3n) is 5.32. The van der Waals surface area contributed by atoms with Gasteiger partial charge in [0.15, 0.2) is 0 Å². The van der Waals surface area contributed by atoms with Gasteiger partial charge < -0.3 is 5.32 Å². The summed E-state index contributed by atoms with van der Waals surface area (Å²) in [6.07, 6.45) is 8.66. The van der Waals surface area contributed by atoms with Crippen LogP contribution in [0.2, 0.25) is 0 Å². The van der Waals surface area contributed by atoms with E-state index in [0.717, 1.165) is 47.4 Å². The summed E-state index contributed by atoms with van der Waals surface area (Å²) in [5, 5.41) is 11.5. The van der Waals surface area contributed by atoms with E-state index in [4.69, 9.17) is 0 Å². The molecule has 0 spiro atoms. The molecule has 3 aromatic heterocycles. The molecular weight excluding hydrogens is 354 g/mol. The second-order valence-electron chi connectivity index (χ2n) is 6.99. The van der Waals surface area contributed by atoms with Crippen molar-refractivity contribution in [2.24, 2.45) is 0 Å². The number of amides is 1. The first-order valence-corrected chi connectivity index (χ1v) is 9.26. The lowest BCUT2D eigenvalue weighted by Gasteiger charge is -2.10. The zero-order valence-corrected chi connectivity index (χ0v) is 15.4. The van der Waals surface area contributed by atoms with Gasteiger partial charge in [0, 0.05) is 18.4 Å². The van der Waals surface area contributed by atoms with E-state index in [1.807, 2.05) is 39.7 Å². The Kier molecular flexibility index (Phi) is 3.89. The predicted octanol–water partition coefficient (Wildman–Crippen LogP) is 2.35. The molecule has 0 bridgehead atoms. The maximum absolute atomic E-state index is 12.7. The molecule has 8 heteroatoms. The molecule has 140 valence electrons. The van der Waals surface area contributed by atoms with Gasteiger partial charge in [-0.25, -0.2) is 14.5 Å². The van der Waals surface area contributed by atoms with Crippen molar-refractivity contribution in [1.82, 2.24) is 29.4 Å². The maximum Gasteiger partial charge on any atom is 0.238 e. The number of aromatic nitrogens is 6. The smallest absolute Gasteiger partial charge is 0.238 e. The lowest BCUT2D eigenvalue weighted by atomic mass is 9.95. The summed E-state index contributed by atoms with van der Waals surface area (Å²) >= 11 is 0. The molecule has 1 N–H and O–H groups in total. The Morgan fingerprint density at radius 2 is 2.07 bits per heavy atom. The van der Waals surface area contributed by atoms with Crippen molar-refractivity contribution in [1.29, 1.82) is 0 Å². The van der Waals surface area contributed by atoms with Gasteiger partial charge in [0.2, 0.25) is 5.91 Å². The van der Waals surface area contributed by atoms with Gasteiger partial charge in [0.25, 0.3) is 0 Å². The third kappa shape index (κ3) is 2.65. The molecule has 1 unspecified atom stereocenters. The van der Waals surface area contributed by atoms with Crippen molar-refractivity contribution < 1.29 is 4.79 Å². The topological polar surface area (TPSA) is 90.0 Å². The predicted molar refractivity (Wildman–Crippen MR) is 103 cm³/mol. The summed E-state index contributed by atoms with van der Waals surface area (Å²) in [5.41, 5.74) is 5.79. The van der Waals surface area contributed by atoms with Crippen LogP contribution in [0.3, 0.4) is 0 Å². The van der Waals surface area contributed by atoms with E-state index in [1.165, 1.54) is 11.9 Å². The van der Waals surface area contributed by atoms with Crippen LogP contribution in [0.15, 0.2) is 49.4 Å². The first-order valence-electron chi connectivity index (χ1n) is 9.26. The van der Waals surface area contributed by atoms with Gasteiger partial charge in [-0.05, 0) is 42.5 Å². The molecule has 28 heavy (non-hydrogen) atoms. The minimum atomic E-state index is -0.418. The summed E-state index contributed by atoms with van der Waals surface area (Å²) in [7, 11) is 0. The molecule has 4 heterocycles. The first-order chi connectivity index (χ1) is 13.7. The molecule has 0 fully saturated rings. The molecule has 1 atom stereocenters. The minimum Gasteiger partial charge on any atom is -0.325 e. The van der Waals surface area contributed by atoms with Crippen LogP contribution in [0, 0.1) is 6.92 Å². The number of nitrogens with zero attached hydrogens (tertiary/aromatic N) is 6. The standard InChI is InChI=1S/C20H19N7O/c1-13-14(5-4-8-26-12-21-10-23-26)9-27-19(13)18(22-11-24-27)17-15-6-2-3-7-16(15)25-20(17)28/h2-3,6-7,9-12,17H,4-5,8H2,1H3,(H,25,28). The SMILES string of the molecule is Cc1c(CCCn2cncn2)cn2ncnc(C3C(=O)Nc4ccccc43)c12. The van der Waals surface area contributed by atoms with Crippen molar-refractivity contribution in [2.75, 3.05) is 5.32 Å². The fourth-order valence-corrected chi connectivity index (χ4v) is 3.96. The van der Waals surface area contributed by atoms with Crippen LogP contribution in [-0.2, 0) is 17.8 Å². The molecule has 0 aliphatic carbocycles. The fraction of sp³-hybridized carbons (Fsp3) is 0.250. The number of aryl methyl sites for hydroxylation is 3. The largest absolute Gasteiger partial charge is 0.325 e. The van der Waals surface area contributed by atoms with E-state index in [9.17, 15) is 4.79 Å². The van der Waals surface area contributed by atoms with E-state index in [0.29, 0.717) is 0 Å². The molecule has 1 aliphatic rings. The first kappa shape index (κ1) is 16.6. The van der Waals surface area contributed by atoms with Crippen molar-refractivity contribution >= 4 is 17.1 Å². The number of hydrogen-bond acceptors (Lipinski definition) is 5. The van der Waals surface area contributed by atoms with E-state index < -0.39 is 5.92 Å². The highest BCUT2D eigenvalue weighted by atomic mass is 16.2. The number of anilines is 1. The molecule has 8 nitrogen and oxygen atoms in total. The number of fused-ring (bicyclic) bond motifs is 2. The maximum atomic E-state index is 12.7. The Balaban J connectivity index is 1.51. The second-order valence-corrected chi connectivity index (χ2v) is 6.99. The van der Waals surface area contributed by atoms with Crippen LogP contribution >= 0.6 is 0 Å². The summed E-state index contributed by atoms with van der Waals surface area (Å²) in [4.78, 5) is 21.2. The minimum absolute atomic E-state index is 0.0462. The number of carbonyl (C=O) groups is 1. The Labute approximate surface area is 161 Å². The van der Waals surface area contributed by atoms with Crippen LogP contribution in [0.1, 0.15) is 34.7 Å². The number of para-hydroxylation sites is 1. The number of rotatable bonds is 5. The van der Waals surface area contributed by atoms with Gasteiger partial charge in [0.1, 0.15) is 24.9 Å². The average molecular weight is 373 g/mol. The van der Waals surface area contributed by atoms with Gasteiger partial charge in [0.05, 0.1) is 11.2 Å². The van der Waals surface area contributed by atoms with Gasteiger partial charge in [-0.2, -0.15) is 10.2 Å². The van der Waals surface area contributed by atoms with Crippen LogP contribution < -0.4 is 5.32 Å². The normalized spacial score (nSPS) is 15.8. The molecule has 0 saturated carbocycles. The molecule has 5 rings (SSSR count). The van der Waals surface area contributed by atoms with Gasteiger partial charge in [-0.1, -0.05) is 18.2 Å². The Bertz CT molecular complexity index is 1160. The van der Waals surface area contributed by atoms with Crippen molar-refractivity contribution in [3.63, 3.8) is 0 Å². The quantitative estimate of drug-likeness (QED) is 0.580. The molecule has 1 aliphatic heterocycles. The molecular formula is C20H19N7O. The lowest BCUT2D eigenvalue weighted by Crippen LogP contribution is -2.16. The number of nitrogens with one attached hydrogen (secondary N) is 1. The van der Waals surface area contributed by atoms with E-state index in [-0.39, 0.29) is 5.91 Å². The van der Waals surface area contributed by atoms with Crippen LogP contribution in [-0.4, -0.2) is 35.3 Å². The molecule has 0 radical (unpaired) electrons. The zero-order chi connectivity index (χ0) is 19.1. The number of benzene rings is 1. The third-order valence-corrected chi connectivity index (χ3v) is 5.32. The van der Waals surface area contributed by atoms with E-state index in [1.54, 1.807) is 12.7 Å². The van der Waals surface area contributed by atoms with Crippen LogP contribution in [0.25, 0.3) is 5.52 Å². The summed E-state index contributed by atoms with van der Waals surface area (Å²) in [5.74, 6) is -0.464. The monoisotopic (exact) mass is 373 g/mol. The summed E-state index contributed by atoms with van der Waals surface area (Å²) < 4.78 is 3.67. The summed E-state index contributed by atoms with van der Waals surface area (Å²) in [6, 6.07) is 7.78. The highest BCUT2D eigenvalue weighted by Crippen LogP contribution is 2.38. The van der Waals surface area contributed by atoms with Crippen molar-refractivity contribution in [3.05, 3.63) is 71.8 Å². The van der Waals surface area contributed by atoms with Crippen LogP contribution in [0.5, 0.6) is 0 Å². The van der Waals surface area contributed by atoms with Crippen molar-refractivity contribution in [3.8, 4) is 0 Å². The van der Waals surface area contributed by atoms with E-state index in [2.05, 4.69) is 32.4 Å². The fourth-order valence-electron chi connectivity index (χ4n) is 3.96. The molecule has 0 saturated heterocycles. The highest BCUT2D eigenvalue weighted by molar-refractivity contribution is 6.05. The average Bonchev–Trinajstić information content (AvgIpc) is 3.40. The molecule has 1 aromatic carbocycles. The lowest BCUT2D eigenvalue weighted by molar-refractivity contribution is -0.116. The second kappa shape index (κ2) is 6.56. The zero-order valence-electron chi connectivity index (χ0n) is 15.4. The van der Waals surface area contributed by atoms with Gasteiger partial charge >= 0.3 is 0 Å². The Morgan fingerprint density at radius 3 is 2.93 bits per heavy atom. The van der Waals surface area contributed by atoms with Crippen LogP contribution in [0.4, 0.5) is 5.69 Å². The number of hydrogen-bond donors (Lipinski definition) is 1.